The van der Waals surface area contributed by atoms with Crippen molar-refractivity contribution in [2.24, 2.45) is 0 Å². The van der Waals surface area contributed by atoms with Crippen molar-refractivity contribution in [1.29, 1.82) is 0 Å². The lowest BCUT2D eigenvalue weighted by atomic mass is 10.00. The average molecular weight is 268 g/mol. The van der Waals surface area contributed by atoms with E-state index in [1.165, 1.54) is 6.07 Å². The summed E-state index contributed by atoms with van der Waals surface area (Å²) in [6.45, 7) is 0.686. The van der Waals surface area contributed by atoms with E-state index in [-0.39, 0.29) is 11.7 Å². The van der Waals surface area contributed by atoms with Crippen LogP contribution in [-0.2, 0) is 6.42 Å². The van der Waals surface area contributed by atoms with Crippen LogP contribution in [0.25, 0.3) is 0 Å². The molecule has 0 bridgehead atoms. The average Bonchev–Trinajstić information content (AvgIpc) is 2.45. The number of aromatic hydroxyl groups is 1. The number of nitrogen functional groups attached to an aromatic ring is 1. The topological polar surface area (TPSA) is 66.6 Å². The smallest absolute Gasteiger partial charge is 0.258 e. The second-order valence-corrected chi connectivity index (χ2v) is 5.00. The van der Waals surface area contributed by atoms with Crippen LogP contribution in [-0.4, -0.2) is 17.6 Å². The third-order valence-electron chi connectivity index (χ3n) is 3.56. The molecule has 0 radical (unpaired) electrons. The summed E-state index contributed by atoms with van der Waals surface area (Å²) < 4.78 is 0. The maximum atomic E-state index is 12.6. The van der Waals surface area contributed by atoms with Crippen molar-refractivity contribution in [2.45, 2.75) is 12.8 Å². The molecule has 102 valence electrons. The van der Waals surface area contributed by atoms with Gasteiger partial charge in [0.15, 0.2) is 0 Å². The summed E-state index contributed by atoms with van der Waals surface area (Å²) in [7, 11) is 0. The molecule has 0 atom stereocenters. The summed E-state index contributed by atoms with van der Waals surface area (Å²) in [5, 5.41) is 9.50. The number of benzene rings is 2. The van der Waals surface area contributed by atoms with Crippen LogP contribution < -0.4 is 10.6 Å². The molecule has 3 N–H and O–H groups in total. The first kappa shape index (κ1) is 12.5. The molecule has 3 rings (SSSR count). The minimum atomic E-state index is -0.0911. The SMILES string of the molecule is Nc1ccc2c(c1)CCCN2C(=O)c1cccc(O)c1. The molecule has 1 amide bonds. The van der Waals surface area contributed by atoms with Crippen LogP contribution in [0.4, 0.5) is 11.4 Å². The standard InChI is InChI=1S/C16H16N2O2/c17-13-6-7-15-11(9-13)4-2-8-18(15)16(20)12-3-1-5-14(19)10-12/h1,3,5-7,9-10,19H,2,4,8,17H2. The molecule has 4 heteroatoms. The lowest BCUT2D eigenvalue weighted by Gasteiger charge is -2.29. The van der Waals surface area contributed by atoms with Crippen molar-refractivity contribution in [3.05, 3.63) is 53.6 Å². The number of hydrogen-bond donors (Lipinski definition) is 2. The van der Waals surface area contributed by atoms with Gasteiger partial charge < -0.3 is 15.7 Å². The fraction of sp³-hybridized carbons (Fsp3) is 0.188. The van der Waals surface area contributed by atoms with Gasteiger partial charge in [0.1, 0.15) is 5.75 Å². The largest absolute Gasteiger partial charge is 0.508 e. The molecule has 0 aromatic heterocycles. The molecule has 0 saturated carbocycles. The molecule has 0 aliphatic carbocycles. The van der Waals surface area contributed by atoms with Crippen LogP contribution in [0.3, 0.4) is 0 Å². The molecule has 0 fully saturated rings. The van der Waals surface area contributed by atoms with Gasteiger partial charge in [-0.1, -0.05) is 6.07 Å². The van der Waals surface area contributed by atoms with Gasteiger partial charge in [-0.3, -0.25) is 4.79 Å². The number of carbonyl (C=O) groups excluding carboxylic acids is 1. The highest BCUT2D eigenvalue weighted by Crippen LogP contribution is 2.30. The number of amides is 1. The van der Waals surface area contributed by atoms with Gasteiger partial charge >= 0.3 is 0 Å². The zero-order chi connectivity index (χ0) is 14.1. The zero-order valence-corrected chi connectivity index (χ0v) is 11.0. The minimum absolute atomic E-state index is 0.0911. The first-order chi connectivity index (χ1) is 9.65. The quantitative estimate of drug-likeness (QED) is 0.781. The Kier molecular flexibility index (Phi) is 3.06. The van der Waals surface area contributed by atoms with Crippen molar-refractivity contribution < 1.29 is 9.90 Å². The summed E-state index contributed by atoms with van der Waals surface area (Å²) in [6.07, 6.45) is 1.85. The number of fused-ring (bicyclic) bond motifs is 1. The van der Waals surface area contributed by atoms with E-state index in [0.29, 0.717) is 12.1 Å². The summed E-state index contributed by atoms with van der Waals surface area (Å²) in [4.78, 5) is 14.3. The maximum absolute atomic E-state index is 12.6. The molecule has 2 aromatic rings. The lowest BCUT2D eigenvalue weighted by Crippen LogP contribution is -2.35. The third-order valence-corrected chi connectivity index (χ3v) is 3.56. The number of phenolic OH excluding ortho intramolecular Hbond substituents is 1. The predicted molar refractivity (Wildman–Crippen MR) is 79.0 cm³/mol. The molecule has 20 heavy (non-hydrogen) atoms. The van der Waals surface area contributed by atoms with Gasteiger partial charge in [-0.15, -0.1) is 0 Å². The van der Waals surface area contributed by atoms with Crippen molar-refractivity contribution >= 4 is 17.3 Å². The number of phenols is 1. The third kappa shape index (κ3) is 2.20. The normalized spacial score (nSPS) is 13.9. The lowest BCUT2D eigenvalue weighted by molar-refractivity contribution is 0.0984. The number of nitrogens with zero attached hydrogens (tertiary/aromatic N) is 1. The van der Waals surface area contributed by atoms with E-state index in [2.05, 4.69) is 0 Å². The summed E-state index contributed by atoms with van der Waals surface area (Å²) in [5.74, 6) is 0.0111. The van der Waals surface area contributed by atoms with Crippen molar-refractivity contribution in [2.75, 3.05) is 17.2 Å². The van der Waals surface area contributed by atoms with Gasteiger partial charge in [0.05, 0.1) is 0 Å². The first-order valence-corrected chi connectivity index (χ1v) is 6.64. The van der Waals surface area contributed by atoms with Gasteiger partial charge in [-0.2, -0.15) is 0 Å². The summed E-state index contributed by atoms with van der Waals surface area (Å²) >= 11 is 0. The van der Waals surface area contributed by atoms with E-state index >= 15 is 0 Å². The van der Waals surface area contributed by atoms with Crippen LogP contribution >= 0.6 is 0 Å². The zero-order valence-electron chi connectivity index (χ0n) is 11.0. The fourth-order valence-electron chi connectivity index (χ4n) is 2.62. The molecule has 0 saturated heterocycles. The highest BCUT2D eigenvalue weighted by atomic mass is 16.3. The van der Waals surface area contributed by atoms with E-state index in [1.54, 1.807) is 23.1 Å². The molecule has 1 aliphatic heterocycles. The Balaban J connectivity index is 1.98. The van der Waals surface area contributed by atoms with Crippen LogP contribution in [0.5, 0.6) is 5.75 Å². The Morgan fingerprint density at radius 3 is 2.85 bits per heavy atom. The Labute approximate surface area is 117 Å². The Hall–Kier alpha value is -2.49. The predicted octanol–water partition coefficient (Wildman–Crippen LogP) is 2.57. The van der Waals surface area contributed by atoms with Gasteiger partial charge in [-0.05, 0) is 54.8 Å². The van der Waals surface area contributed by atoms with Crippen LogP contribution in [0.2, 0.25) is 0 Å². The van der Waals surface area contributed by atoms with Gasteiger partial charge in [0.25, 0.3) is 5.91 Å². The number of hydrogen-bond acceptors (Lipinski definition) is 3. The van der Waals surface area contributed by atoms with Crippen molar-refractivity contribution in [1.82, 2.24) is 0 Å². The maximum Gasteiger partial charge on any atom is 0.258 e. The number of anilines is 2. The fourth-order valence-corrected chi connectivity index (χ4v) is 2.62. The van der Waals surface area contributed by atoms with Gasteiger partial charge in [-0.25, -0.2) is 0 Å². The Morgan fingerprint density at radius 1 is 1.20 bits per heavy atom. The molecule has 2 aromatic carbocycles. The highest BCUT2D eigenvalue weighted by molar-refractivity contribution is 6.07. The minimum Gasteiger partial charge on any atom is -0.508 e. The Morgan fingerprint density at radius 2 is 2.05 bits per heavy atom. The molecule has 0 unspecified atom stereocenters. The summed E-state index contributed by atoms with van der Waals surface area (Å²) in [6, 6.07) is 12.1. The molecule has 1 aliphatic rings. The van der Waals surface area contributed by atoms with E-state index in [9.17, 15) is 9.90 Å². The monoisotopic (exact) mass is 268 g/mol. The van der Waals surface area contributed by atoms with Gasteiger partial charge in [0.2, 0.25) is 0 Å². The van der Waals surface area contributed by atoms with Crippen LogP contribution in [0, 0.1) is 0 Å². The number of aryl methyl sites for hydroxylation is 1. The molecule has 0 spiro atoms. The first-order valence-electron chi connectivity index (χ1n) is 6.64. The van der Waals surface area contributed by atoms with E-state index < -0.39 is 0 Å². The van der Waals surface area contributed by atoms with Gasteiger partial charge in [0, 0.05) is 23.5 Å². The second-order valence-electron chi connectivity index (χ2n) is 5.00. The second kappa shape index (κ2) is 4.89. The van der Waals surface area contributed by atoms with E-state index in [4.69, 9.17) is 5.73 Å². The summed E-state index contributed by atoms with van der Waals surface area (Å²) in [5.41, 5.74) is 9.03. The molecule has 4 nitrogen and oxygen atoms in total. The molecular formula is C16H16N2O2. The number of carbonyl (C=O) groups is 1. The molecular weight excluding hydrogens is 252 g/mol. The van der Waals surface area contributed by atoms with E-state index in [0.717, 1.165) is 29.8 Å². The number of rotatable bonds is 1. The Bertz CT molecular complexity index is 667. The molecule has 1 heterocycles. The number of nitrogens with two attached hydrogens (primary N) is 1. The van der Waals surface area contributed by atoms with Crippen LogP contribution in [0.15, 0.2) is 42.5 Å². The van der Waals surface area contributed by atoms with Crippen molar-refractivity contribution in [3.63, 3.8) is 0 Å². The highest BCUT2D eigenvalue weighted by Gasteiger charge is 2.23. The van der Waals surface area contributed by atoms with E-state index in [1.807, 2.05) is 18.2 Å². The van der Waals surface area contributed by atoms with Crippen LogP contribution in [0.1, 0.15) is 22.3 Å². The van der Waals surface area contributed by atoms with Crippen molar-refractivity contribution in [3.8, 4) is 5.75 Å².